The van der Waals surface area contributed by atoms with Crippen LogP contribution in [0, 0.1) is 27.9 Å². The number of urea groups is 1. The molecule has 11 heteroatoms. The van der Waals surface area contributed by atoms with Crippen LogP contribution in [0.1, 0.15) is 74.0 Å². The normalized spacial score (nSPS) is 30.6. The highest BCUT2D eigenvalue weighted by Gasteiger charge is 2.51. The SMILES string of the molecule is O=C(Nc1cccc([C@@H]2O[C@H](CN3CCN(c4ccc([N+](=O)[O-])cc4)CC3)C[C@H](c3ccc(CO)cc3)O2)c1)NC12CC3CC(CC(C3)C1)C2. The fourth-order valence-electron chi connectivity index (χ4n) is 9.72. The maximum absolute atomic E-state index is 13.4. The molecule has 4 bridgehead atoms. The Morgan fingerprint density at radius 3 is 2.18 bits per heavy atom. The van der Waals surface area contributed by atoms with Crippen molar-refractivity contribution in [3.05, 3.63) is 99.6 Å². The van der Waals surface area contributed by atoms with Gasteiger partial charge in [-0.2, -0.15) is 0 Å². The van der Waals surface area contributed by atoms with Crippen LogP contribution < -0.4 is 15.5 Å². The van der Waals surface area contributed by atoms with Crippen molar-refractivity contribution in [2.75, 3.05) is 42.9 Å². The summed E-state index contributed by atoms with van der Waals surface area (Å²) in [4.78, 5) is 28.7. The predicted molar refractivity (Wildman–Crippen MR) is 190 cm³/mol. The maximum Gasteiger partial charge on any atom is 0.319 e. The number of aliphatic hydroxyl groups excluding tert-OH is 1. The van der Waals surface area contributed by atoms with Crippen LogP contribution in [0.3, 0.4) is 0 Å². The molecule has 2 heterocycles. The Morgan fingerprint density at radius 2 is 1.54 bits per heavy atom. The molecule has 6 fully saturated rings. The van der Waals surface area contributed by atoms with Crippen molar-refractivity contribution in [3.8, 4) is 0 Å². The zero-order valence-corrected chi connectivity index (χ0v) is 28.4. The van der Waals surface area contributed by atoms with Gasteiger partial charge in [0, 0.05) is 73.8 Å². The summed E-state index contributed by atoms with van der Waals surface area (Å²) in [7, 11) is 0. The van der Waals surface area contributed by atoms with Crippen molar-refractivity contribution in [2.24, 2.45) is 17.8 Å². The zero-order valence-electron chi connectivity index (χ0n) is 28.4. The first-order valence-electron chi connectivity index (χ1n) is 18.2. The van der Waals surface area contributed by atoms with Crippen LogP contribution in [0.4, 0.5) is 21.9 Å². The summed E-state index contributed by atoms with van der Waals surface area (Å²) in [6.07, 6.45) is 7.06. The highest BCUT2D eigenvalue weighted by molar-refractivity contribution is 5.90. The van der Waals surface area contributed by atoms with Gasteiger partial charge in [0.1, 0.15) is 0 Å². The molecule has 0 unspecified atom stereocenters. The number of carbonyl (C=O) groups is 1. The molecule has 3 N–H and O–H groups in total. The van der Waals surface area contributed by atoms with Gasteiger partial charge in [-0.1, -0.05) is 36.4 Å². The minimum absolute atomic E-state index is 0.0117. The molecule has 3 aromatic rings. The van der Waals surface area contributed by atoms with Gasteiger partial charge in [0.2, 0.25) is 0 Å². The second kappa shape index (κ2) is 13.9. The zero-order chi connectivity index (χ0) is 34.2. The van der Waals surface area contributed by atoms with Crippen LogP contribution in [-0.2, 0) is 16.1 Å². The number of nitro benzene ring substituents is 1. The van der Waals surface area contributed by atoms with Crippen molar-refractivity contribution in [1.82, 2.24) is 10.2 Å². The molecule has 3 atom stereocenters. The molecule has 3 aromatic carbocycles. The van der Waals surface area contributed by atoms with Crippen LogP contribution in [0.15, 0.2) is 72.8 Å². The summed E-state index contributed by atoms with van der Waals surface area (Å²) in [5.74, 6) is 2.26. The first kappa shape index (κ1) is 33.1. The number of hydrogen-bond donors (Lipinski definition) is 3. The van der Waals surface area contributed by atoms with Gasteiger partial charge in [-0.15, -0.1) is 0 Å². The van der Waals surface area contributed by atoms with Gasteiger partial charge in [-0.3, -0.25) is 15.0 Å². The number of hydrogen-bond acceptors (Lipinski definition) is 8. The van der Waals surface area contributed by atoms with E-state index in [0.29, 0.717) is 12.1 Å². The smallest absolute Gasteiger partial charge is 0.319 e. The second-order valence-corrected chi connectivity index (χ2v) is 15.3. The standard InChI is InChI=1S/C39H47N5O6/c45-25-26-4-6-30(7-5-26)36-20-35(24-42-12-14-43(15-13-42)33-8-10-34(11-9-33)44(47)48)49-37(50-36)31-2-1-3-32(19-31)40-38(46)41-39-21-27-16-28(22-39)18-29(17-27)23-39/h1-11,19,27-29,35-37,45H,12-18,20-25H2,(H2,40,41,46)/t27?,28?,29?,35-,36+,37+,39?/m0/s1. The van der Waals surface area contributed by atoms with Crippen molar-refractivity contribution in [3.63, 3.8) is 0 Å². The number of nitro groups is 1. The molecule has 0 radical (unpaired) electrons. The van der Waals surface area contributed by atoms with Crippen LogP contribution >= 0.6 is 0 Å². The molecule has 11 nitrogen and oxygen atoms in total. The fourth-order valence-corrected chi connectivity index (χ4v) is 9.72. The first-order chi connectivity index (χ1) is 24.3. The number of nitrogens with zero attached hydrogens (tertiary/aromatic N) is 3. The number of carbonyl (C=O) groups excluding carboxylic acids is 1. The van der Waals surface area contributed by atoms with E-state index in [-0.39, 0.29) is 41.0 Å². The molecule has 2 saturated heterocycles. The summed E-state index contributed by atoms with van der Waals surface area (Å²) in [5, 5.41) is 27.2. The summed E-state index contributed by atoms with van der Waals surface area (Å²) in [5.41, 5.74) is 4.47. The molecular weight excluding hydrogens is 634 g/mol. The average molecular weight is 682 g/mol. The van der Waals surface area contributed by atoms with Gasteiger partial charge in [-0.25, -0.2) is 4.79 Å². The van der Waals surface area contributed by atoms with E-state index in [1.165, 1.54) is 19.3 Å². The Morgan fingerprint density at radius 1 is 0.860 bits per heavy atom. The Balaban J connectivity index is 0.935. The second-order valence-electron chi connectivity index (χ2n) is 15.3. The number of non-ortho nitro benzene ring substituents is 1. The van der Waals surface area contributed by atoms with Gasteiger partial charge >= 0.3 is 6.03 Å². The van der Waals surface area contributed by atoms with Gasteiger partial charge in [-0.05, 0) is 91.7 Å². The van der Waals surface area contributed by atoms with E-state index in [9.17, 15) is 20.0 Å². The molecule has 4 aliphatic carbocycles. The van der Waals surface area contributed by atoms with Crippen LogP contribution in [0.25, 0.3) is 0 Å². The third-order valence-electron chi connectivity index (χ3n) is 11.7. The Bertz CT molecular complexity index is 1640. The molecule has 9 rings (SSSR count). The summed E-state index contributed by atoms with van der Waals surface area (Å²) in [6.45, 7) is 4.05. The third kappa shape index (κ3) is 7.23. The highest BCUT2D eigenvalue weighted by atomic mass is 16.7. The number of benzene rings is 3. The molecular formula is C39H47N5O6. The number of anilines is 2. The molecule has 6 aliphatic rings. The summed E-state index contributed by atoms with van der Waals surface area (Å²) in [6, 6.07) is 22.3. The lowest BCUT2D eigenvalue weighted by Gasteiger charge is -2.56. The number of ether oxygens (including phenoxy) is 2. The van der Waals surface area contributed by atoms with Gasteiger partial charge in [0.15, 0.2) is 6.29 Å². The average Bonchev–Trinajstić information content (AvgIpc) is 3.11. The molecule has 2 amide bonds. The highest BCUT2D eigenvalue weighted by Crippen LogP contribution is 2.55. The largest absolute Gasteiger partial charge is 0.392 e. The first-order valence-corrected chi connectivity index (χ1v) is 18.2. The van der Waals surface area contributed by atoms with E-state index in [1.807, 2.05) is 60.7 Å². The van der Waals surface area contributed by atoms with Crippen LogP contribution in [0.2, 0.25) is 0 Å². The number of aliphatic hydroxyl groups is 1. The lowest BCUT2D eigenvalue weighted by Crippen LogP contribution is -2.60. The molecule has 50 heavy (non-hydrogen) atoms. The summed E-state index contributed by atoms with van der Waals surface area (Å²) >= 11 is 0. The number of rotatable bonds is 9. The minimum atomic E-state index is -0.620. The molecule has 4 saturated carbocycles. The van der Waals surface area contributed by atoms with Crippen LogP contribution in [0.5, 0.6) is 0 Å². The van der Waals surface area contributed by atoms with Crippen molar-refractivity contribution in [1.29, 1.82) is 0 Å². The molecule has 264 valence electrons. The Kier molecular flexibility index (Phi) is 9.24. The molecule has 0 spiro atoms. The molecule has 0 aromatic heterocycles. The predicted octanol–water partition coefficient (Wildman–Crippen LogP) is 6.55. The van der Waals surface area contributed by atoms with E-state index in [2.05, 4.69) is 20.4 Å². The van der Waals surface area contributed by atoms with E-state index in [1.54, 1.807) is 12.1 Å². The van der Waals surface area contributed by atoms with Gasteiger partial charge < -0.3 is 30.1 Å². The lowest BCUT2D eigenvalue weighted by molar-refractivity contribution is -0.384. The lowest BCUT2D eigenvalue weighted by atomic mass is 9.53. The topological polar surface area (TPSA) is 129 Å². The summed E-state index contributed by atoms with van der Waals surface area (Å²) < 4.78 is 13.3. The monoisotopic (exact) mass is 681 g/mol. The fraction of sp³-hybridized carbons (Fsp3) is 0.513. The third-order valence-corrected chi connectivity index (χ3v) is 11.7. The van der Waals surface area contributed by atoms with Crippen molar-refractivity contribution in [2.45, 2.75) is 75.6 Å². The van der Waals surface area contributed by atoms with Crippen LogP contribution in [-0.4, -0.2) is 65.3 Å². The maximum atomic E-state index is 13.4. The quantitative estimate of drug-likeness (QED) is 0.172. The van der Waals surface area contributed by atoms with Crippen molar-refractivity contribution < 1.29 is 24.3 Å². The number of piperazine rings is 1. The van der Waals surface area contributed by atoms with E-state index in [0.717, 1.165) is 92.1 Å². The van der Waals surface area contributed by atoms with E-state index in [4.69, 9.17) is 9.47 Å². The molecule has 2 aliphatic heterocycles. The van der Waals surface area contributed by atoms with Crippen molar-refractivity contribution >= 4 is 23.1 Å². The minimum Gasteiger partial charge on any atom is -0.392 e. The Hall–Kier alpha value is -4.03. The van der Waals surface area contributed by atoms with Gasteiger partial charge in [0.05, 0.1) is 23.7 Å². The number of nitrogens with one attached hydrogen (secondary N) is 2. The van der Waals surface area contributed by atoms with E-state index >= 15 is 0 Å². The number of amides is 2. The van der Waals surface area contributed by atoms with E-state index < -0.39 is 6.29 Å². The Labute approximate surface area is 293 Å². The van der Waals surface area contributed by atoms with Gasteiger partial charge in [0.25, 0.3) is 5.69 Å².